The second-order valence-electron chi connectivity index (χ2n) is 4.30. The van der Waals surface area contributed by atoms with Gasteiger partial charge in [0, 0.05) is 29.3 Å². The van der Waals surface area contributed by atoms with Crippen molar-refractivity contribution in [3.05, 3.63) is 55.6 Å². The number of ether oxygens (including phenoxy) is 2. The molecule has 0 aliphatic rings. The lowest BCUT2D eigenvalue weighted by Crippen LogP contribution is -2.08. The maximum atomic E-state index is 11.6. The molecule has 0 aliphatic carbocycles. The van der Waals surface area contributed by atoms with E-state index in [-0.39, 0.29) is 11.1 Å². The van der Waals surface area contributed by atoms with Crippen molar-refractivity contribution in [2.75, 3.05) is 7.11 Å². The summed E-state index contributed by atoms with van der Waals surface area (Å²) in [4.78, 5) is 42.5. The molecule has 0 heterocycles. The average molecular weight is 324 g/mol. The van der Waals surface area contributed by atoms with E-state index in [1.165, 1.54) is 6.92 Å². The van der Waals surface area contributed by atoms with Gasteiger partial charge in [0.25, 0.3) is 11.4 Å². The van der Waals surface area contributed by atoms with Gasteiger partial charge in [0.2, 0.25) is 0 Å². The minimum Gasteiger partial charge on any atom is -0.466 e. The Balaban J connectivity index is 2.91. The average Bonchev–Trinajstić information content (AvgIpc) is 2.51. The molecule has 23 heavy (non-hydrogen) atoms. The highest BCUT2D eigenvalue weighted by Gasteiger charge is 2.17. The summed E-state index contributed by atoms with van der Waals surface area (Å²) in [6.45, 7) is 0.892. The van der Waals surface area contributed by atoms with E-state index in [2.05, 4.69) is 4.74 Å². The molecular formula is C13H12N2O8. The van der Waals surface area contributed by atoms with Crippen molar-refractivity contribution in [2.24, 2.45) is 0 Å². The van der Waals surface area contributed by atoms with Gasteiger partial charge in [-0.05, 0) is 6.92 Å². The second-order valence-corrected chi connectivity index (χ2v) is 4.30. The van der Waals surface area contributed by atoms with Gasteiger partial charge in [0.15, 0.2) is 0 Å². The third-order valence-corrected chi connectivity index (χ3v) is 2.61. The second kappa shape index (κ2) is 7.64. The van der Waals surface area contributed by atoms with Gasteiger partial charge in [-0.3, -0.25) is 20.2 Å². The first-order chi connectivity index (χ1) is 10.7. The van der Waals surface area contributed by atoms with Gasteiger partial charge < -0.3 is 9.47 Å². The number of carbonyl (C=O) groups excluding carboxylic acids is 2. The summed E-state index contributed by atoms with van der Waals surface area (Å²) in [6, 6.07) is 2.91. The molecule has 10 nitrogen and oxygen atoms in total. The molecule has 0 bridgehead atoms. The Bertz CT molecular complexity index is 663. The lowest BCUT2D eigenvalue weighted by Gasteiger charge is -2.05. The molecule has 0 atom stereocenters. The topological polar surface area (TPSA) is 139 Å². The van der Waals surface area contributed by atoms with Crippen molar-refractivity contribution in [1.82, 2.24) is 0 Å². The number of hydrogen-bond donors (Lipinski definition) is 0. The maximum Gasteiger partial charge on any atom is 0.334 e. The molecule has 1 rings (SSSR count). The van der Waals surface area contributed by atoms with Gasteiger partial charge in [-0.15, -0.1) is 0 Å². The molecule has 0 saturated carbocycles. The molecule has 1 aromatic rings. The number of carbonyl (C=O) groups is 2. The quantitative estimate of drug-likeness (QED) is 0.333. The molecule has 0 fully saturated rings. The summed E-state index contributed by atoms with van der Waals surface area (Å²) in [5, 5.41) is 21.5. The van der Waals surface area contributed by atoms with Crippen LogP contribution < -0.4 is 0 Å². The minimum atomic E-state index is -0.857. The van der Waals surface area contributed by atoms with Crippen LogP contribution in [0, 0.1) is 20.2 Å². The Morgan fingerprint density at radius 2 is 1.65 bits per heavy atom. The highest BCUT2D eigenvalue weighted by Crippen LogP contribution is 2.23. The molecule has 0 spiro atoms. The summed E-state index contributed by atoms with van der Waals surface area (Å²) >= 11 is 0. The SMILES string of the molecule is COC(=O)/C=C(/C)C(=O)OCc1cc([N+](=O)[O-])cc([N+](=O)[O-])c1. The number of non-ortho nitro benzene ring substituents is 2. The van der Waals surface area contributed by atoms with Crippen LogP contribution in [-0.2, 0) is 25.7 Å². The number of hydrogen-bond acceptors (Lipinski definition) is 8. The van der Waals surface area contributed by atoms with Crippen LogP contribution in [0.5, 0.6) is 0 Å². The van der Waals surface area contributed by atoms with Crippen LogP contribution in [0.3, 0.4) is 0 Å². The third kappa shape index (κ3) is 5.19. The van der Waals surface area contributed by atoms with Gasteiger partial charge in [-0.1, -0.05) is 0 Å². The number of nitrogens with zero attached hydrogens (tertiary/aromatic N) is 2. The minimum absolute atomic E-state index is 0.0446. The normalized spacial score (nSPS) is 10.8. The molecule has 0 aromatic heterocycles. The first-order valence-corrected chi connectivity index (χ1v) is 6.10. The molecule has 1 aromatic carbocycles. The van der Waals surface area contributed by atoms with Gasteiger partial charge in [0.05, 0.1) is 23.0 Å². The number of nitro groups is 2. The largest absolute Gasteiger partial charge is 0.466 e. The fourth-order valence-electron chi connectivity index (χ4n) is 1.51. The lowest BCUT2D eigenvalue weighted by atomic mass is 10.2. The van der Waals surface area contributed by atoms with E-state index in [4.69, 9.17) is 4.74 Å². The standard InChI is InChI=1S/C13H12N2O8/c1-8(3-12(16)22-2)13(17)23-7-9-4-10(14(18)19)6-11(5-9)15(20)21/h3-6H,7H2,1-2H3/b8-3-. The van der Waals surface area contributed by atoms with Gasteiger partial charge in [-0.25, -0.2) is 9.59 Å². The monoisotopic (exact) mass is 324 g/mol. The van der Waals surface area contributed by atoms with E-state index >= 15 is 0 Å². The predicted octanol–water partition coefficient (Wildman–Crippen LogP) is 1.67. The van der Waals surface area contributed by atoms with Crippen LogP contribution in [0.2, 0.25) is 0 Å². The van der Waals surface area contributed by atoms with Gasteiger partial charge in [-0.2, -0.15) is 0 Å². The number of methoxy groups -OCH3 is 1. The first-order valence-electron chi connectivity index (χ1n) is 6.10. The zero-order valence-corrected chi connectivity index (χ0v) is 12.2. The van der Waals surface area contributed by atoms with Gasteiger partial charge in [0.1, 0.15) is 6.61 Å². The van der Waals surface area contributed by atoms with Crippen molar-refractivity contribution < 1.29 is 28.9 Å². The first kappa shape index (κ1) is 17.8. The summed E-state index contributed by atoms with van der Waals surface area (Å²) < 4.78 is 9.19. The summed E-state index contributed by atoms with van der Waals surface area (Å²) in [5.74, 6) is -1.60. The van der Waals surface area contributed by atoms with E-state index in [0.29, 0.717) is 0 Å². The van der Waals surface area contributed by atoms with Crippen molar-refractivity contribution in [2.45, 2.75) is 13.5 Å². The van der Waals surface area contributed by atoms with E-state index in [1.54, 1.807) is 0 Å². The molecule has 0 unspecified atom stereocenters. The van der Waals surface area contributed by atoms with E-state index in [1.807, 2.05) is 0 Å². The summed E-state index contributed by atoms with van der Waals surface area (Å²) in [7, 11) is 1.14. The Hall–Kier alpha value is -3.30. The van der Waals surface area contributed by atoms with Crippen molar-refractivity contribution in [3.63, 3.8) is 0 Å². The molecule has 0 amide bonds. The lowest BCUT2D eigenvalue weighted by molar-refractivity contribution is -0.394. The number of esters is 2. The fraction of sp³-hybridized carbons (Fsp3) is 0.231. The van der Waals surface area contributed by atoms with Crippen LogP contribution in [0.15, 0.2) is 29.8 Å². The van der Waals surface area contributed by atoms with E-state index in [0.717, 1.165) is 31.4 Å². The third-order valence-electron chi connectivity index (χ3n) is 2.61. The van der Waals surface area contributed by atoms with Gasteiger partial charge >= 0.3 is 11.9 Å². The predicted molar refractivity (Wildman–Crippen MR) is 75.3 cm³/mol. The Morgan fingerprint density at radius 1 is 1.13 bits per heavy atom. The number of nitro benzene ring substituents is 2. The Kier molecular flexibility index (Phi) is 5.89. The number of rotatable bonds is 6. The Morgan fingerprint density at radius 3 is 2.09 bits per heavy atom. The smallest absolute Gasteiger partial charge is 0.334 e. The highest BCUT2D eigenvalue weighted by molar-refractivity contribution is 5.95. The van der Waals surface area contributed by atoms with Crippen LogP contribution >= 0.6 is 0 Å². The molecule has 0 N–H and O–H groups in total. The fourth-order valence-corrected chi connectivity index (χ4v) is 1.51. The maximum absolute atomic E-state index is 11.6. The van der Waals surface area contributed by atoms with Crippen LogP contribution in [0.4, 0.5) is 11.4 Å². The molecular weight excluding hydrogens is 312 g/mol. The van der Waals surface area contributed by atoms with Crippen molar-refractivity contribution in [1.29, 1.82) is 0 Å². The van der Waals surface area contributed by atoms with Crippen molar-refractivity contribution in [3.8, 4) is 0 Å². The molecule has 10 heteroatoms. The summed E-state index contributed by atoms with van der Waals surface area (Å²) in [6.07, 6.45) is 0.915. The van der Waals surface area contributed by atoms with Crippen LogP contribution in [0.1, 0.15) is 12.5 Å². The van der Waals surface area contributed by atoms with E-state index < -0.39 is 39.8 Å². The molecule has 0 aliphatic heterocycles. The van der Waals surface area contributed by atoms with Crippen molar-refractivity contribution >= 4 is 23.3 Å². The van der Waals surface area contributed by atoms with Crippen LogP contribution in [-0.4, -0.2) is 28.9 Å². The summed E-state index contributed by atoms with van der Waals surface area (Å²) in [5.41, 5.74) is -0.957. The Labute approximate surface area is 129 Å². The highest BCUT2D eigenvalue weighted by atomic mass is 16.6. The molecule has 122 valence electrons. The number of benzene rings is 1. The zero-order valence-electron chi connectivity index (χ0n) is 12.2. The molecule has 0 saturated heterocycles. The molecule has 0 radical (unpaired) electrons. The van der Waals surface area contributed by atoms with E-state index in [9.17, 15) is 29.8 Å². The van der Waals surface area contributed by atoms with Crippen LogP contribution in [0.25, 0.3) is 0 Å². The zero-order chi connectivity index (χ0) is 17.6.